The van der Waals surface area contributed by atoms with Gasteiger partial charge >= 0.3 is 39.5 Å². The van der Waals surface area contributed by atoms with Gasteiger partial charge in [0.25, 0.3) is 0 Å². The lowest BCUT2D eigenvalue weighted by atomic mass is 10.0. The zero-order valence-electron chi connectivity index (χ0n) is 60.2. The Balaban J connectivity index is 5.12. The summed E-state index contributed by atoms with van der Waals surface area (Å²) in [6.45, 7) is 4.91. The van der Waals surface area contributed by atoms with Gasteiger partial charge in [-0.15, -0.1) is 0 Å². The molecule has 0 saturated carbocycles. The van der Waals surface area contributed by atoms with E-state index in [4.69, 9.17) is 37.0 Å². The van der Waals surface area contributed by atoms with Crippen LogP contribution < -0.4 is 0 Å². The first kappa shape index (κ1) is 91.1. The van der Waals surface area contributed by atoms with Crippen LogP contribution in [-0.4, -0.2) is 96.7 Å². The third-order valence-corrected chi connectivity index (χ3v) is 19.3. The van der Waals surface area contributed by atoms with Gasteiger partial charge in [-0.3, -0.25) is 37.3 Å². The van der Waals surface area contributed by atoms with E-state index in [-0.39, 0.29) is 25.7 Å². The molecule has 3 N–H and O–H groups in total. The van der Waals surface area contributed by atoms with Crippen LogP contribution in [0.25, 0.3) is 0 Å². The topological polar surface area (TPSA) is 237 Å². The molecule has 19 heteroatoms. The smallest absolute Gasteiger partial charge is 0.462 e. The van der Waals surface area contributed by atoms with Gasteiger partial charge in [-0.2, -0.15) is 0 Å². The Hall–Kier alpha value is -1.94. The number of carbonyl (C=O) groups is 4. The van der Waals surface area contributed by atoms with Gasteiger partial charge in [0.05, 0.1) is 26.4 Å². The highest BCUT2D eigenvalue weighted by Crippen LogP contribution is 2.45. The lowest BCUT2D eigenvalue weighted by Gasteiger charge is -2.21. The Morgan fingerprint density at radius 1 is 0.258 bits per heavy atom. The Labute approximate surface area is 568 Å². The van der Waals surface area contributed by atoms with Gasteiger partial charge < -0.3 is 33.8 Å². The molecule has 0 aromatic rings. The number of hydrogen-bond acceptors (Lipinski definition) is 15. The van der Waals surface area contributed by atoms with Crippen LogP contribution in [0.5, 0.6) is 0 Å². The Kier molecular flexibility index (Phi) is 67.1. The van der Waals surface area contributed by atoms with E-state index < -0.39 is 97.5 Å². The van der Waals surface area contributed by atoms with Crippen LogP contribution in [0.1, 0.15) is 394 Å². The highest BCUT2D eigenvalue weighted by Gasteiger charge is 2.30. The fourth-order valence-electron chi connectivity index (χ4n) is 11.4. The second kappa shape index (κ2) is 68.6. The molecular weight excluding hydrogens is 1220 g/mol. The summed E-state index contributed by atoms with van der Waals surface area (Å²) < 4.78 is 68.2. The summed E-state index contributed by atoms with van der Waals surface area (Å²) in [6.07, 6.45) is 58.6. The van der Waals surface area contributed by atoms with Gasteiger partial charge in [-0.05, 0) is 25.7 Å². The number of esters is 4. The zero-order chi connectivity index (χ0) is 68.2. The molecule has 0 spiro atoms. The van der Waals surface area contributed by atoms with Crippen molar-refractivity contribution in [3.05, 3.63) is 0 Å². The summed E-state index contributed by atoms with van der Waals surface area (Å²) in [6, 6.07) is 0. The second-order valence-corrected chi connectivity index (χ2v) is 29.6. The van der Waals surface area contributed by atoms with Crippen molar-refractivity contribution in [3.8, 4) is 0 Å². The molecule has 2 unspecified atom stereocenters. The highest BCUT2D eigenvalue weighted by molar-refractivity contribution is 7.47. The number of carbonyl (C=O) groups excluding carboxylic acids is 4. The van der Waals surface area contributed by atoms with E-state index in [1.165, 1.54) is 212 Å². The van der Waals surface area contributed by atoms with Crippen LogP contribution >= 0.6 is 15.6 Å². The molecule has 5 atom stereocenters. The maximum atomic E-state index is 13.1. The monoisotopic (exact) mass is 1370 g/mol. The summed E-state index contributed by atoms with van der Waals surface area (Å²) in [5, 5.41) is 10.6. The molecule has 0 fully saturated rings. The van der Waals surface area contributed by atoms with Crippen LogP contribution in [0.4, 0.5) is 0 Å². The molecule has 0 aliphatic rings. The van der Waals surface area contributed by atoms with Crippen molar-refractivity contribution >= 4 is 39.5 Å². The van der Waals surface area contributed by atoms with Crippen molar-refractivity contribution < 1.29 is 80.2 Å². The molecule has 0 amide bonds. The molecule has 552 valence electrons. The molecule has 0 heterocycles. The number of phosphoric ester groups is 2. The Morgan fingerprint density at radius 3 is 0.634 bits per heavy atom. The first-order chi connectivity index (χ1) is 45.2. The van der Waals surface area contributed by atoms with Crippen molar-refractivity contribution in [1.82, 2.24) is 0 Å². The van der Waals surface area contributed by atoms with E-state index in [9.17, 15) is 43.2 Å². The number of hydrogen-bond donors (Lipinski definition) is 3. The van der Waals surface area contributed by atoms with Crippen molar-refractivity contribution in [2.45, 2.75) is 412 Å². The van der Waals surface area contributed by atoms with E-state index in [1.807, 2.05) is 0 Å². The average Bonchev–Trinajstić information content (AvgIpc) is 2.87. The van der Waals surface area contributed by atoms with Gasteiger partial charge in [0.15, 0.2) is 12.2 Å². The molecule has 93 heavy (non-hydrogen) atoms. The summed E-state index contributed by atoms with van der Waals surface area (Å²) in [7, 11) is -9.89. The lowest BCUT2D eigenvalue weighted by molar-refractivity contribution is -0.161. The SMILES string of the molecule is CCCCCCCCCCCCCCCCCCCCCCCCC(=O)O[C@H](COC(=O)CCCCCCCCCCCCCCCCC)COP(=O)(O)OC[C@@H](O)COP(=O)(O)OC[C@@H](COC(=O)CCCCCCCCCC)OC(=O)CCCCCCCCCC. The van der Waals surface area contributed by atoms with Gasteiger partial charge in [-0.1, -0.05) is 342 Å². The fourth-order valence-corrected chi connectivity index (χ4v) is 13.0. The maximum absolute atomic E-state index is 13.1. The number of ether oxygens (including phenoxy) is 4. The van der Waals surface area contributed by atoms with Crippen molar-refractivity contribution in [1.29, 1.82) is 0 Å². The summed E-state index contributed by atoms with van der Waals surface area (Å²) in [5.74, 6) is -2.12. The molecular formula is C74H144O17P2. The van der Waals surface area contributed by atoms with Crippen LogP contribution in [0.3, 0.4) is 0 Å². The molecule has 0 rings (SSSR count). The van der Waals surface area contributed by atoms with Gasteiger partial charge in [0, 0.05) is 25.7 Å². The van der Waals surface area contributed by atoms with E-state index in [0.717, 1.165) is 103 Å². The number of unbranched alkanes of at least 4 members (excludes halogenated alkanes) is 49. The van der Waals surface area contributed by atoms with Crippen molar-refractivity contribution in [3.63, 3.8) is 0 Å². The minimum Gasteiger partial charge on any atom is -0.462 e. The summed E-state index contributed by atoms with van der Waals surface area (Å²) >= 11 is 0. The highest BCUT2D eigenvalue weighted by atomic mass is 31.2. The van der Waals surface area contributed by atoms with E-state index in [2.05, 4.69) is 27.7 Å². The molecule has 0 bridgehead atoms. The minimum absolute atomic E-state index is 0.105. The van der Waals surface area contributed by atoms with Gasteiger partial charge in [-0.25, -0.2) is 9.13 Å². The minimum atomic E-state index is -4.95. The second-order valence-electron chi connectivity index (χ2n) is 26.7. The molecule has 0 radical (unpaired) electrons. The third-order valence-electron chi connectivity index (χ3n) is 17.4. The first-order valence-electron chi connectivity index (χ1n) is 38.8. The van der Waals surface area contributed by atoms with E-state index in [0.29, 0.717) is 25.7 Å². The Bertz CT molecular complexity index is 1770. The van der Waals surface area contributed by atoms with Crippen LogP contribution in [0.15, 0.2) is 0 Å². The van der Waals surface area contributed by atoms with Crippen LogP contribution in [0, 0.1) is 0 Å². The molecule has 0 aromatic heterocycles. The zero-order valence-corrected chi connectivity index (χ0v) is 62.0. The summed E-state index contributed by atoms with van der Waals surface area (Å²) in [5.41, 5.74) is 0. The predicted molar refractivity (Wildman–Crippen MR) is 377 cm³/mol. The first-order valence-corrected chi connectivity index (χ1v) is 41.8. The van der Waals surface area contributed by atoms with Crippen LogP contribution in [0.2, 0.25) is 0 Å². The fraction of sp³-hybridized carbons (Fsp3) is 0.946. The maximum Gasteiger partial charge on any atom is 0.472 e. The quantitative estimate of drug-likeness (QED) is 0.0222. The standard InChI is InChI=1S/C74H144O17P2/c1-5-9-13-17-21-25-27-29-31-32-33-34-35-36-37-39-41-43-45-49-53-57-61-74(79)91-70(65-85-72(77)59-55-51-48-44-42-40-38-30-28-26-22-18-14-10-6-2)67-89-93(82,83)87-63-68(75)62-86-92(80,81)88-66-69(90-73(78)60-56-52-47-24-20-16-12-8-4)64-84-71(76)58-54-50-46-23-19-15-11-7-3/h68-70,75H,5-67H2,1-4H3,(H,80,81)(H,82,83)/t68-,69+,70+/m0/s1. The van der Waals surface area contributed by atoms with E-state index >= 15 is 0 Å². The Morgan fingerprint density at radius 2 is 0.430 bits per heavy atom. The summed E-state index contributed by atoms with van der Waals surface area (Å²) in [4.78, 5) is 72.5. The number of rotatable bonds is 75. The largest absolute Gasteiger partial charge is 0.472 e. The number of phosphoric acid groups is 2. The van der Waals surface area contributed by atoms with Gasteiger partial charge in [0.2, 0.25) is 0 Å². The molecule has 0 aliphatic carbocycles. The molecule has 0 aromatic carbocycles. The molecule has 0 aliphatic heterocycles. The third kappa shape index (κ3) is 68.4. The number of aliphatic hydroxyl groups is 1. The van der Waals surface area contributed by atoms with Crippen LogP contribution in [-0.2, 0) is 65.4 Å². The van der Waals surface area contributed by atoms with Crippen molar-refractivity contribution in [2.24, 2.45) is 0 Å². The molecule has 0 saturated heterocycles. The molecule has 17 nitrogen and oxygen atoms in total. The van der Waals surface area contributed by atoms with E-state index in [1.54, 1.807) is 0 Å². The van der Waals surface area contributed by atoms with Gasteiger partial charge in [0.1, 0.15) is 19.3 Å². The lowest BCUT2D eigenvalue weighted by Crippen LogP contribution is -2.30. The normalized spacial score (nSPS) is 13.9. The van der Waals surface area contributed by atoms with Crippen molar-refractivity contribution in [2.75, 3.05) is 39.6 Å². The number of aliphatic hydroxyl groups excluding tert-OH is 1. The average molecular weight is 1370 g/mol. The predicted octanol–water partition coefficient (Wildman–Crippen LogP) is 21.8.